The summed E-state index contributed by atoms with van der Waals surface area (Å²) in [5.74, 6) is 0.199. The number of nitrogens with one attached hydrogen (secondary N) is 2. The smallest absolute Gasteiger partial charge is 0.241 e. The van der Waals surface area contributed by atoms with Crippen LogP contribution in [0.5, 0.6) is 0 Å². The molecule has 2 unspecified atom stereocenters. The van der Waals surface area contributed by atoms with Crippen molar-refractivity contribution >= 4 is 5.91 Å². The third-order valence-corrected chi connectivity index (χ3v) is 6.25. The molecule has 2 heterocycles. The second kappa shape index (κ2) is 7.68. The molecule has 2 aliphatic rings. The Labute approximate surface area is 167 Å². The third-order valence-electron chi connectivity index (χ3n) is 6.25. The van der Waals surface area contributed by atoms with Crippen LogP contribution >= 0.6 is 0 Å². The van der Waals surface area contributed by atoms with Crippen LogP contribution in [0.2, 0.25) is 0 Å². The number of hydrogen-bond acceptors (Lipinski definition) is 4. The van der Waals surface area contributed by atoms with E-state index in [9.17, 15) is 4.79 Å². The normalized spacial score (nSPS) is 21.9. The van der Waals surface area contributed by atoms with E-state index in [1.54, 1.807) is 0 Å². The highest BCUT2D eigenvalue weighted by Gasteiger charge is 2.39. The number of rotatable bonds is 6. The van der Waals surface area contributed by atoms with Gasteiger partial charge in [-0.25, -0.2) is 10.9 Å². The van der Waals surface area contributed by atoms with Crippen LogP contribution in [0.15, 0.2) is 24.3 Å². The largest absolute Gasteiger partial charge is 0.334 e. The van der Waals surface area contributed by atoms with Gasteiger partial charge in [-0.05, 0) is 50.7 Å². The van der Waals surface area contributed by atoms with Crippen LogP contribution in [-0.2, 0) is 24.8 Å². The molecule has 150 valence electrons. The summed E-state index contributed by atoms with van der Waals surface area (Å²) in [6, 6.07) is 9.05. The Balaban J connectivity index is 1.46. The first-order valence-corrected chi connectivity index (χ1v) is 10.4. The first-order valence-electron chi connectivity index (χ1n) is 10.4. The van der Waals surface area contributed by atoms with Gasteiger partial charge in [0, 0.05) is 36.9 Å². The molecule has 2 N–H and O–H groups in total. The molecule has 2 fully saturated rings. The molecular weight excluding hydrogens is 350 g/mol. The van der Waals surface area contributed by atoms with Crippen LogP contribution < -0.4 is 10.9 Å². The minimum atomic E-state index is -0.186. The third kappa shape index (κ3) is 3.71. The van der Waals surface area contributed by atoms with E-state index in [1.165, 1.54) is 16.7 Å². The van der Waals surface area contributed by atoms with Crippen LogP contribution in [0.25, 0.3) is 0 Å². The van der Waals surface area contributed by atoms with Crippen molar-refractivity contribution < 1.29 is 4.79 Å². The predicted molar refractivity (Wildman–Crippen MR) is 109 cm³/mol. The molecule has 1 saturated heterocycles. The number of benzene rings is 1. The Kier molecular flexibility index (Phi) is 5.25. The Hall–Kier alpha value is -2.18. The van der Waals surface area contributed by atoms with Crippen LogP contribution in [-0.4, -0.2) is 32.7 Å². The number of aryl methyl sites for hydroxylation is 3. The highest BCUT2D eigenvalue weighted by molar-refractivity contribution is 5.83. The number of nitrogens with zero attached hydrogens (tertiary/aromatic N) is 3. The number of carbonyl (C=O) groups is 1. The quantitative estimate of drug-likeness (QED) is 0.808. The van der Waals surface area contributed by atoms with Gasteiger partial charge in [-0.3, -0.25) is 9.48 Å². The lowest BCUT2D eigenvalue weighted by Crippen LogP contribution is -2.46. The van der Waals surface area contributed by atoms with E-state index in [0.29, 0.717) is 12.6 Å². The lowest BCUT2D eigenvalue weighted by atomic mass is 9.99. The molecule has 1 saturated carbocycles. The molecule has 0 bridgehead atoms. The second-order valence-corrected chi connectivity index (χ2v) is 8.19. The maximum absolute atomic E-state index is 13.3. The first-order chi connectivity index (χ1) is 13.5. The molecular formula is C22H31N5O. The van der Waals surface area contributed by atoms with E-state index in [1.807, 2.05) is 18.7 Å². The average molecular weight is 382 g/mol. The Morgan fingerprint density at radius 1 is 1.21 bits per heavy atom. The highest BCUT2D eigenvalue weighted by Crippen LogP contribution is 2.32. The Morgan fingerprint density at radius 3 is 2.50 bits per heavy atom. The van der Waals surface area contributed by atoms with Crippen LogP contribution in [0, 0.1) is 13.8 Å². The zero-order valence-electron chi connectivity index (χ0n) is 17.3. The van der Waals surface area contributed by atoms with Gasteiger partial charge in [0.15, 0.2) is 0 Å². The van der Waals surface area contributed by atoms with Crippen LogP contribution in [0.3, 0.4) is 0 Å². The second-order valence-electron chi connectivity index (χ2n) is 8.19. The summed E-state index contributed by atoms with van der Waals surface area (Å²) in [7, 11) is 1.96. The fourth-order valence-electron chi connectivity index (χ4n) is 4.11. The lowest BCUT2D eigenvalue weighted by Gasteiger charge is -2.25. The van der Waals surface area contributed by atoms with E-state index in [2.05, 4.69) is 59.0 Å². The van der Waals surface area contributed by atoms with E-state index in [0.717, 1.165) is 37.1 Å². The molecule has 1 amide bonds. The average Bonchev–Trinajstić information content (AvgIpc) is 3.36. The number of aromatic nitrogens is 2. The van der Waals surface area contributed by atoms with E-state index < -0.39 is 0 Å². The molecule has 0 radical (unpaired) electrons. The van der Waals surface area contributed by atoms with Crippen molar-refractivity contribution in [1.29, 1.82) is 0 Å². The van der Waals surface area contributed by atoms with Crippen molar-refractivity contribution in [1.82, 2.24) is 25.5 Å². The topological polar surface area (TPSA) is 62.2 Å². The molecule has 2 atom stereocenters. The summed E-state index contributed by atoms with van der Waals surface area (Å²) in [5, 5.41) is 4.52. The van der Waals surface area contributed by atoms with E-state index in [4.69, 9.17) is 0 Å². The van der Waals surface area contributed by atoms with Crippen molar-refractivity contribution in [2.75, 3.05) is 0 Å². The summed E-state index contributed by atoms with van der Waals surface area (Å²) < 4.78 is 1.91. The van der Waals surface area contributed by atoms with Crippen LogP contribution in [0.1, 0.15) is 60.3 Å². The molecule has 0 spiro atoms. The zero-order valence-corrected chi connectivity index (χ0v) is 17.3. The van der Waals surface area contributed by atoms with E-state index in [-0.39, 0.29) is 18.0 Å². The number of hydrogen-bond donors (Lipinski definition) is 2. The minimum Gasteiger partial charge on any atom is -0.334 e. The van der Waals surface area contributed by atoms with E-state index >= 15 is 0 Å². The summed E-state index contributed by atoms with van der Waals surface area (Å²) >= 11 is 0. The molecule has 1 aliphatic heterocycles. The number of carbonyl (C=O) groups excluding carboxylic acids is 1. The van der Waals surface area contributed by atoms with Crippen molar-refractivity contribution in [3.05, 3.63) is 52.3 Å². The standard InChI is InChI=1S/C22H31N5O/c1-5-16-6-8-17(9-7-16)20-12-21(24-23-20)22(28)27(18-10-11-18)13-19-14(2)25-26(4)15(19)3/h6-9,18,20-21,23-24H,5,10-13H2,1-4H3. The van der Waals surface area contributed by atoms with Crippen molar-refractivity contribution in [2.24, 2.45) is 7.05 Å². The molecule has 2 aromatic rings. The fourth-order valence-corrected chi connectivity index (χ4v) is 4.11. The zero-order chi connectivity index (χ0) is 19.8. The maximum Gasteiger partial charge on any atom is 0.241 e. The highest BCUT2D eigenvalue weighted by atomic mass is 16.2. The van der Waals surface area contributed by atoms with Gasteiger partial charge in [0.05, 0.1) is 5.69 Å². The van der Waals surface area contributed by atoms with Crippen molar-refractivity contribution in [3.63, 3.8) is 0 Å². The molecule has 28 heavy (non-hydrogen) atoms. The first kappa shape index (κ1) is 19.2. The SMILES string of the molecule is CCc1ccc(C2CC(C(=O)N(Cc3c(C)nn(C)c3C)C3CC3)NN2)cc1. The van der Waals surface area contributed by atoms with Gasteiger partial charge in [0.25, 0.3) is 0 Å². The van der Waals surface area contributed by atoms with Crippen LogP contribution in [0.4, 0.5) is 0 Å². The molecule has 1 aliphatic carbocycles. The predicted octanol–water partition coefficient (Wildman–Crippen LogP) is 2.70. The molecule has 1 aromatic carbocycles. The molecule has 1 aromatic heterocycles. The monoisotopic (exact) mass is 381 g/mol. The number of hydrazine groups is 1. The van der Waals surface area contributed by atoms with Gasteiger partial charge in [-0.15, -0.1) is 0 Å². The van der Waals surface area contributed by atoms with Gasteiger partial charge >= 0.3 is 0 Å². The van der Waals surface area contributed by atoms with Crippen molar-refractivity contribution in [3.8, 4) is 0 Å². The Morgan fingerprint density at radius 2 is 1.93 bits per heavy atom. The molecule has 4 rings (SSSR count). The van der Waals surface area contributed by atoms with Gasteiger partial charge in [-0.2, -0.15) is 5.10 Å². The summed E-state index contributed by atoms with van der Waals surface area (Å²) in [5.41, 5.74) is 12.5. The minimum absolute atomic E-state index is 0.169. The summed E-state index contributed by atoms with van der Waals surface area (Å²) in [4.78, 5) is 15.4. The maximum atomic E-state index is 13.3. The summed E-state index contributed by atoms with van der Waals surface area (Å²) in [6.07, 6.45) is 4.03. The molecule has 6 heteroatoms. The van der Waals surface area contributed by atoms with Gasteiger partial charge in [0.1, 0.15) is 6.04 Å². The molecule has 6 nitrogen and oxygen atoms in total. The van der Waals surface area contributed by atoms with Gasteiger partial charge in [0.2, 0.25) is 5.91 Å². The van der Waals surface area contributed by atoms with Gasteiger partial charge in [-0.1, -0.05) is 31.2 Å². The Bertz CT molecular complexity index is 853. The number of amides is 1. The fraction of sp³-hybridized carbons (Fsp3) is 0.545. The van der Waals surface area contributed by atoms with Crippen molar-refractivity contribution in [2.45, 2.75) is 71.1 Å². The summed E-state index contributed by atoms with van der Waals surface area (Å²) in [6.45, 7) is 6.93. The van der Waals surface area contributed by atoms with Gasteiger partial charge < -0.3 is 4.90 Å². The lowest BCUT2D eigenvalue weighted by molar-refractivity contribution is -0.134.